The fraction of sp³-hybridized carbons (Fsp3) is 0.222. The summed E-state index contributed by atoms with van der Waals surface area (Å²) in [5.41, 5.74) is 3.14. The van der Waals surface area contributed by atoms with Crippen molar-refractivity contribution in [2.45, 2.75) is 25.4 Å². The third kappa shape index (κ3) is 5.53. The predicted molar refractivity (Wildman–Crippen MR) is 173 cm³/mol. The first kappa shape index (κ1) is 28.3. The number of rotatable bonds is 6. The first-order valence-corrected chi connectivity index (χ1v) is 15.1. The van der Waals surface area contributed by atoms with Crippen molar-refractivity contribution in [2.75, 3.05) is 30.4 Å². The number of aromatic nitrogens is 1. The summed E-state index contributed by atoms with van der Waals surface area (Å²) in [6, 6.07) is 29.0. The van der Waals surface area contributed by atoms with Crippen molar-refractivity contribution in [3.05, 3.63) is 140 Å². The Morgan fingerprint density at radius 3 is 2.53 bits per heavy atom. The molecule has 4 heterocycles. The molecular weight excluding hydrogens is 568 g/mol. The van der Waals surface area contributed by atoms with Gasteiger partial charge in [-0.05, 0) is 54.3 Å². The number of fused-ring (bicyclic) bond motifs is 5. The van der Waals surface area contributed by atoms with Crippen LogP contribution in [-0.2, 0) is 13.1 Å². The van der Waals surface area contributed by atoms with Crippen LogP contribution in [-0.4, -0.2) is 41.4 Å². The Bertz CT molecular complexity index is 2050. The molecule has 9 heteroatoms. The van der Waals surface area contributed by atoms with E-state index < -0.39 is 11.5 Å². The first-order valence-electron chi connectivity index (χ1n) is 15.1. The van der Waals surface area contributed by atoms with Gasteiger partial charge in [0.05, 0.1) is 11.4 Å². The van der Waals surface area contributed by atoms with E-state index in [4.69, 9.17) is 4.42 Å². The predicted octanol–water partition coefficient (Wildman–Crippen LogP) is 5.10. The van der Waals surface area contributed by atoms with Crippen LogP contribution >= 0.6 is 0 Å². The van der Waals surface area contributed by atoms with Gasteiger partial charge in [-0.25, -0.2) is 4.79 Å². The molecule has 2 aliphatic rings. The SMILES string of the molecule is CN(Cc1ccccc1)C(=O)c1ccc(N2C[C@H]3C[C@@H](C2)c2cccc(=O)n2C3)c(NC(=O)c2cc3ccccc3oc2=O)c1. The molecule has 1 N–H and O–H groups in total. The van der Waals surface area contributed by atoms with Crippen molar-refractivity contribution >= 4 is 34.2 Å². The summed E-state index contributed by atoms with van der Waals surface area (Å²) < 4.78 is 7.30. The van der Waals surface area contributed by atoms with E-state index in [0.29, 0.717) is 48.4 Å². The molecule has 0 unspecified atom stereocenters. The summed E-state index contributed by atoms with van der Waals surface area (Å²) in [6.07, 6.45) is 0.973. The minimum atomic E-state index is -0.739. The molecule has 9 nitrogen and oxygen atoms in total. The molecule has 45 heavy (non-hydrogen) atoms. The van der Waals surface area contributed by atoms with Crippen molar-refractivity contribution in [3.8, 4) is 0 Å². The topological polar surface area (TPSA) is 105 Å². The number of carbonyl (C=O) groups is 2. The number of amides is 2. The highest BCUT2D eigenvalue weighted by Gasteiger charge is 2.35. The Morgan fingerprint density at radius 1 is 0.889 bits per heavy atom. The Kier molecular flexibility index (Phi) is 7.29. The summed E-state index contributed by atoms with van der Waals surface area (Å²) in [5.74, 6) is -0.437. The van der Waals surface area contributed by atoms with Crippen molar-refractivity contribution < 1.29 is 14.0 Å². The molecule has 5 aromatic rings. The standard InChI is InChI=1S/C36H32N4O5/c1-38(19-23-8-3-2-4-9-23)35(43)26-14-15-31(39-20-24-16-27(22-39)30-11-7-13-33(41)40(30)21-24)29(18-26)37-34(42)28-17-25-10-5-6-12-32(25)45-36(28)44/h2-15,17-18,24,27H,16,19-22H2,1H3,(H,37,42)/t24-,27+/m1/s1. The van der Waals surface area contributed by atoms with E-state index in [1.165, 1.54) is 6.07 Å². The van der Waals surface area contributed by atoms with Crippen LogP contribution in [0.2, 0.25) is 0 Å². The Hall–Kier alpha value is -5.44. The van der Waals surface area contributed by atoms with Crippen LogP contribution in [0.15, 0.2) is 111 Å². The third-order valence-corrected chi connectivity index (χ3v) is 8.81. The molecular formula is C36H32N4O5. The third-order valence-electron chi connectivity index (χ3n) is 8.81. The zero-order valence-electron chi connectivity index (χ0n) is 24.8. The highest BCUT2D eigenvalue weighted by atomic mass is 16.4. The lowest BCUT2D eigenvalue weighted by Crippen LogP contribution is -2.47. The number of carbonyl (C=O) groups excluding carboxylic acids is 2. The molecule has 3 aromatic carbocycles. The Balaban J connectivity index is 1.23. The van der Waals surface area contributed by atoms with Crippen LogP contribution in [0.3, 0.4) is 0 Å². The van der Waals surface area contributed by atoms with Crippen LogP contribution < -0.4 is 21.4 Å². The van der Waals surface area contributed by atoms with E-state index in [2.05, 4.69) is 10.2 Å². The zero-order valence-corrected chi connectivity index (χ0v) is 24.8. The maximum atomic E-state index is 13.6. The van der Waals surface area contributed by atoms with Gasteiger partial charge in [0.15, 0.2) is 0 Å². The van der Waals surface area contributed by atoms with E-state index in [1.807, 2.05) is 53.1 Å². The smallest absolute Gasteiger partial charge is 0.349 e. The first-order chi connectivity index (χ1) is 21.8. The molecule has 2 atom stereocenters. The molecule has 0 saturated carbocycles. The summed E-state index contributed by atoms with van der Waals surface area (Å²) in [7, 11) is 1.74. The number of pyridine rings is 1. The van der Waals surface area contributed by atoms with Gasteiger partial charge in [-0.2, -0.15) is 0 Å². The van der Waals surface area contributed by atoms with E-state index in [-0.39, 0.29) is 28.9 Å². The van der Waals surface area contributed by atoms with Crippen molar-refractivity contribution in [1.82, 2.24) is 9.47 Å². The van der Waals surface area contributed by atoms with Crippen LogP contribution in [0.1, 0.15) is 44.3 Å². The van der Waals surface area contributed by atoms with Crippen LogP contribution in [0.5, 0.6) is 0 Å². The number of hydrogen-bond acceptors (Lipinski definition) is 6. The average molecular weight is 601 g/mol. The Morgan fingerprint density at radius 2 is 1.69 bits per heavy atom. The van der Waals surface area contributed by atoms with E-state index in [1.54, 1.807) is 54.4 Å². The van der Waals surface area contributed by atoms with Gasteiger partial charge in [-0.15, -0.1) is 0 Å². The summed E-state index contributed by atoms with van der Waals surface area (Å²) in [4.78, 5) is 56.5. The van der Waals surface area contributed by atoms with Gasteiger partial charge < -0.3 is 24.1 Å². The number of hydrogen-bond donors (Lipinski definition) is 1. The fourth-order valence-corrected chi connectivity index (χ4v) is 6.70. The van der Waals surface area contributed by atoms with Gasteiger partial charge in [0.2, 0.25) is 0 Å². The molecule has 0 aliphatic carbocycles. The van der Waals surface area contributed by atoms with Gasteiger partial charge in [-0.3, -0.25) is 14.4 Å². The summed E-state index contributed by atoms with van der Waals surface area (Å²) in [6.45, 7) is 2.37. The molecule has 0 radical (unpaired) electrons. The lowest BCUT2D eigenvalue weighted by molar-refractivity contribution is 0.0784. The molecule has 2 bridgehead atoms. The zero-order chi connectivity index (χ0) is 31.1. The minimum absolute atomic E-state index is 0.0142. The summed E-state index contributed by atoms with van der Waals surface area (Å²) in [5, 5.41) is 3.57. The number of benzene rings is 3. The van der Waals surface area contributed by atoms with Gasteiger partial charge in [0.25, 0.3) is 17.4 Å². The molecule has 2 aliphatic heterocycles. The lowest BCUT2D eigenvalue weighted by atomic mass is 9.83. The summed E-state index contributed by atoms with van der Waals surface area (Å²) >= 11 is 0. The van der Waals surface area contributed by atoms with Crippen molar-refractivity contribution in [1.29, 1.82) is 0 Å². The van der Waals surface area contributed by atoms with E-state index in [9.17, 15) is 19.2 Å². The van der Waals surface area contributed by atoms with Gasteiger partial charge in [0.1, 0.15) is 11.1 Å². The minimum Gasteiger partial charge on any atom is -0.422 e. The van der Waals surface area contributed by atoms with E-state index >= 15 is 0 Å². The van der Waals surface area contributed by atoms with Gasteiger partial charge in [0, 0.05) is 61.9 Å². The van der Waals surface area contributed by atoms with Crippen LogP contribution in [0.4, 0.5) is 11.4 Å². The van der Waals surface area contributed by atoms with Gasteiger partial charge >= 0.3 is 5.63 Å². The number of piperidine rings is 1. The maximum absolute atomic E-state index is 13.6. The molecule has 0 spiro atoms. The second-order valence-corrected chi connectivity index (χ2v) is 11.9. The van der Waals surface area contributed by atoms with Gasteiger partial charge in [-0.1, -0.05) is 54.6 Å². The fourth-order valence-electron chi connectivity index (χ4n) is 6.70. The molecule has 2 aromatic heterocycles. The monoisotopic (exact) mass is 600 g/mol. The largest absolute Gasteiger partial charge is 0.422 e. The maximum Gasteiger partial charge on any atom is 0.349 e. The lowest BCUT2D eigenvalue weighted by Gasteiger charge is -2.44. The molecule has 2 amide bonds. The Labute approximate surface area is 259 Å². The number of nitrogens with zero attached hydrogens (tertiary/aromatic N) is 3. The number of para-hydroxylation sites is 1. The average Bonchev–Trinajstić information content (AvgIpc) is 3.05. The number of nitrogens with one attached hydrogen (secondary N) is 1. The second kappa shape index (κ2) is 11.6. The molecule has 1 fully saturated rings. The second-order valence-electron chi connectivity index (χ2n) is 11.9. The highest BCUT2D eigenvalue weighted by Crippen LogP contribution is 2.39. The van der Waals surface area contributed by atoms with Crippen molar-refractivity contribution in [3.63, 3.8) is 0 Å². The van der Waals surface area contributed by atoms with E-state index in [0.717, 1.165) is 23.4 Å². The van der Waals surface area contributed by atoms with Crippen LogP contribution in [0.25, 0.3) is 11.0 Å². The number of anilines is 2. The van der Waals surface area contributed by atoms with Crippen molar-refractivity contribution in [2.24, 2.45) is 5.92 Å². The quantitative estimate of drug-likeness (QED) is 0.272. The molecule has 7 rings (SSSR count). The molecule has 226 valence electrons. The van der Waals surface area contributed by atoms with Crippen LogP contribution in [0, 0.1) is 5.92 Å². The molecule has 1 saturated heterocycles. The highest BCUT2D eigenvalue weighted by molar-refractivity contribution is 6.08. The normalized spacial score (nSPS) is 17.0.